The average molecular weight is 673 g/mol. The number of urea groups is 1. The Morgan fingerprint density at radius 3 is 1.38 bits per heavy atom. The second-order valence-corrected chi connectivity index (χ2v) is 12.2. The van der Waals surface area contributed by atoms with Crippen molar-refractivity contribution in [2.45, 2.75) is 63.6 Å². The number of hydrogen-bond acceptors (Lipinski definition) is 6. The molecular formula is C42H44N2O6. The van der Waals surface area contributed by atoms with Crippen LogP contribution in [-0.2, 0) is 56.7 Å². The standard InChI is InChI=1S/C42H44N2O6/c45-42(43-26-32-16-6-1-7-17-32)44-41-40(49-30-36-24-14-5-15-25-36)39(48-29-35-22-12-4-13-23-35)38(47-28-34-20-10-3-11-21-34)37(50-41)31-46-27-33-18-8-2-9-19-33/h1-25,37-41H,26-31H2,(H2,43,44,45)/t37-,38+,39+,40-,41+/m1/s1. The zero-order chi connectivity index (χ0) is 34.2. The molecule has 1 heterocycles. The first-order valence-electron chi connectivity index (χ1n) is 17.0. The SMILES string of the molecule is O=C(NCc1ccccc1)N[C@H]1O[C@H](COCc2ccccc2)[C@H](OCc2ccccc2)[C@H](OCc2ccccc2)[C@H]1OCc1ccccc1. The highest BCUT2D eigenvalue weighted by Crippen LogP contribution is 2.30. The van der Waals surface area contributed by atoms with Crippen molar-refractivity contribution in [3.8, 4) is 0 Å². The van der Waals surface area contributed by atoms with E-state index in [0.29, 0.717) is 26.4 Å². The molecule has 1 saturated heterocycles. The monoisotopic (exact) mass is 672 g/mol. The van der Waals surface area contributed by atoms with E-state index in [1.54, 1.807) is 0 Å². The van der Waals surface area contributed by atoms with Gasteiger partial charge in [-0.15, -0.1) is 0 Å². The van der Waals surface area contributed by atoms with Gasteiger partial charge in [-0.2, -0.15) is 0 Å². The topological polar surface area (TPSA) is 87.3 Å². The van der Waals surface area contributed by atoms with Gasteiger partial charge in [0.2, 0.25) is 0 Å². The van der Waals surface area contributed by atoms with Gasteiger partial charge >= 0.3 is 6.03 Å². The van der Waals surface area contributed by atoms with Gasteiger partial charge in [0.05, 0.1) is 33.0 Å². The molecule has 50 heavy (non-hydrogen) atoms. The molecule has 0 saturated carbocycles. The quantitative estimate of drug-likeness (QED) is 0.116. The highest BCUT2D eigenvalue weighted by atomic mass is 16.6. The third-order valence-electron chi connectivity index (χ3n) is 8.45. The third-order valence-corrected chi connectivity index (χ3v) is 8.45. The van der Waals surface area contributed by atoms with Crippen molar-refractivity contribution >= 4 is 6.03 Å². The maximum atomic E-state index is 13.4. The Labute approximate surface area is 294 Å². The number of carbonyl (C=O) groups excluding carboxylic acids is 1. The van der Waals surface area contributed by atoms with E-state index in [9.17, 15) is 4.79 Å². The molecule has 0 spiro atoms. The Balaban J connectivity index is 1.28. The summed E-state index contributed by atoms with van der Waals surface area (Å²) >= 11 is 0. The second kappa shape index (κ2) is 18.8. The summed E-state index contributed by atoms with van der Waals surface area (Å²) in [5, 5.41) is 6.01. The molecule has 0 aromatic heterocycles. The van der Waals surface area contributed by atoms with Crippen LogP contribution in [0.25, 0.3) is 0 Å². The number of hydrogen-bond donors (Lipinski definition) is 2. The minimum atomic E-state index is -0.878. The van der Waals surface area contributed by atoms with E-state index < -0.39 is 30.6 Å². The zero-order valence-corrected chi connectivity index (χ0v) is 28.0. The molecular weight excluding hydrogens is 628 g/mol. The van der Waals surface area contributed by atoms with Gasteiger partial charge in [-0.05, 0) is 27.8 Å². The fraction of sp³-hybridized carbons (Fsp3) is 0.262. The van der Waals surface area contributed by atoms with Crippen LogP contribution in [-0.4, -0.2) is 43.3 Å². The van der Waals surface area contributed by atoms with Crippen LogP contribution >= 0.6 is 0 Å². The van der Waals surface area contributed by atoms with E-state index >= 15 is 0 Å². The summed E-state index contributed by atoms with van der Waals surface area (Å²) in [5.74, 6) is 0. The van der Waals surface area contributed by atoms with Crippen LogP contribution in [0.2, 0.25) is 0 Å². The number of benzene rings is 5. The van der Waals surface area contributed by atoms with Crippen LogP contribution in [0.1, 0.15) is 27.8 Å². The van der Waals surface area contributed by atoms with Crippen molar-refractivity contribution in [2.75, 3.05) is 6.61 Å². The first-order chi connectivity index (χ1) is 24.7. The molecule has 8 nitrogen and oxygen atoms in total. The first-order valence-corrected chi connectivity index (χ1v) is 17.0. The van der Waals surface area contributed by atoms with Crippen molar-refractivity contribution < 1.29 is 28.5 Å². The molecule has 0 bridgehead atoms. The minimum absolute atomic E-state index is 0.203. The highest BCUT2D eigenvalue weighted by molar-refractivity contribution is 5.74. The minimum Gasteiger partial charge on any atom is -0.374 e. The summed E-state index contributed by atoms with van der Waals surface area (Å²) in [6.07, 6.45) is -3.44. The van der Waals surface area contributed by atoms with Gasteiger partial charge in [0.1, 0.15) is 24.4 Å². The van der Waals surface area contributed by atoms with Crippen LogP contribution in [0.3, 0.4) is 0 Å². The molecule has 5 aromatic carbocycles. The molecule has 5 aromatic rings. The molecule has 1 fully saturated rings. The van der Waals surface area contributed by atoms with Gasteiger partial charge in [0.15, 0.2) is 6.23 Å². The fourth-order valence-corrected chi connectivity index (χ4v) is 5.86. The van der Waals surface area contributed by atoms with Crippen LogP contribution in [0.4, 0.5) is 4.79 Å². The molecule has 0 radical (unpaired) electrons. The molecule has 1 aliphatic rings. The Morgan fingerprint density at radius 2 is 0.900 bits per heavy atom. The van der Waals surface area contributed by atoms with Crippen molar-refractivity contribution in [3.05, 3.63) is 179 Å². The summed E-state index contributed by atoms with van der Waals surface area (Å²) in [7, 11) is 0. The molecule has 2 amide bonds. The van der Waals surface area contributed by atoms with Crippen LogP contribution in [0, 0.1) is 0 Å². The van der Waals surface area contributed by atoms with Crippen molar-refractivity contribution in [3.63, 3.8) is 0 Å². The van der Waals surface area contributed by atoms with Gasteiger partial charge < -0.3 is 34.3 Å². The van der Waals surface area contributed by atoms with E-state index in [2.05, 4.69) is 10.6 Å². The van der Waals surface area contributed by atoms with Gasteiger partial charge in [-0.25, -0.2) is 4.79 Å². The summed E-state index contributed by atoms with van der Waals surface area (Å²) in [5.41, 5.74) is 5.03. The van der Waals surface area contributed by atoms with E-state index in [-0.39, 0.29) is 19.2 Å². The molecule has 0 aliphatic carbocycles. The summed E-state index contributed by atoms with van der Waals surface area (Å²) in [4.78, 5) is 13.4. The summed E-state index contributed by atoms with van der Waals surface area (Å²) in [6.45, 7) is 1.88. The Hall–Kier alpha value is -4.83. The normalized spacial score (nSPS) is 20.2. The number of rotatable bonds is 16. The Morgan fingerprint density at radius 1 is 0.500 bits per heavy atom. The fourth-order valence-electron chi connectivity index (χ4n) is 5.86. The van der Waals surface area contributed by atoms with E-state index in [4.69, 9.17) is 23.7 Å². The Kier molecular flexibility index (Phi) is 13.2. The average Bonchev–Trinajstić information content (AvgIpc) is 3.17. The second-order valence-electron chi connectivity index (χ2n) is 12.2. The molecule has 258 valence electrons. The highest BCUT2D eigenvalue weighted by Gasteiger charge is 2.49. The molecule has 5 atom stereocenters. The molecule has 1 aliphatic heterocycles. The zero-order valence-electron chi connectivity index (χ0n) is 28.0. The van der Waals surface area contributed by atoms with E-state index in [1.165, 1.54) is 0 Å². The molecule has 8 heteroatoms. The molecule has 0 unspecified atom stereocenters. The lowest BCUT2D eigenvalue weighted by Gasteiger charge is -2.46. The number of ether oxygens (including phenoxy) is 5. The largest absolute Gasteiger partial charge is 0.374 e. The number of carbonyl (C=O) groups is 1. The van der Waals surface area contributed by atoms with Crippen LogP contribution in [0.5, 0.6) is 0 Å². The van der Waals surface area contributed by atoms with Crippen molar-refractivity contribution in [1.82, 2.24) is 10.6 Å². The van der Waals surface area contributed by atoms with Gasteiger partial charge in [-0.1, -0.05) is 152 Å². The lowest BCUT2D eigenvalue weighted by atomic mass is 9.97. The number of nitrogens with one attached hydrogen (secondary N) is 2. The number of amides is 2. The Bertz CT molecular complexity index is 1680. The third kappa shape index (κ3) is 10.6. The summed E-state index contributed by atoms with van der Waals surface area (Å²) < 4.78 is 33.0. The molecule has 6 rings (SSSR count). The smallest absolute Gasteiger partial charge is 0.317 e. The lowest BCUT2D eigenvalue weighted by molar-refractivity contribution is -0.276. The maximum absolute atomic E-state index is 13.4. The van der Waals surface area contributed by atoms with E-state index in [1.807, 2.05) is 152 Å². The first kappa shape index (κ1) is 35.0. The van der Waals surface area contributed by atoms with Crippen molar-refractivity contribution in [1.29, 1.82) is 0 Å². The molecule has 2 N–H and O–H groups in total. The maximum Gasteiger partial charge on any atom is 0.317 e. The van der Waals surface area contributed by atoms with Crippen LogP contribution < -0.4 is 10.6 Å². The van der Waals surface area contributed by atoms with Gasteiger partial charge in [-0.3, -0.25) is 0 Å². The van der Waals surface area contributed by atoms with E-state index in [0.717, 1.165) is 27.8 Å². The lowest BCUT2D eigenvalue weighted by Crippen LogP contribution is -2.66. The van der Waals surface area contributed by atoms with Crippen LogP contribution in [0.15, 0.2) is 152 Å². The van der Waals surface area contributed by atoms with Crippen molar-refractivity contribution in [2.24, 2.45) is 0 Å². The van der Waals surface area contributed by atoms with Gasteiger partial charge in [0, 0.05) is 6.54 Å². The predicted octanol–water partition coefficient (Wildman–Crippen LogP) is 7.18. The summed E-state index contributed by atoms with van der Waals surface area (Å²) in [6, 6.07) is 49.2. The van der Waals surface area contributed by atoms with Gasteiger partial charge in [0.25, 0.3) is 0 Å². The predicted molar refractivity (Wildman–Crippen MR) is 192 cm³/mol.